The van der Waals surface area contributed by atoms with Gasteiger partial charge in [-0.05, 0) is 46.1 Å². The highest BCUT2D eigenvalue weighted by atomic mass is 16.5. The molecule has 0 saturated carbocycles. The second-order valence-corrected chi connectivity index (χ2v) is 6.32. The molecule has 0 aromatic rings. The van der Waals surface area contributed by atoms with Crippen molar-refractivity contribution in [3.8, 4) is 0 Å². The van der Waals surface area contributed by atoms with Gasteiger partial charge in [-0.15, -0.1) is 0 Å². The molecular weight excluding hydrogens is 252 g/mol. The third-order valence-corrected chi connectivity index (χ3v) is 4.61. The molecule has 2 saturated heterocycles. The summed E-state index contributed by atoms with van der Waals surface area (Å²) in [5.41, 5.74) is 0. The van der Waals surface area contributed by atoms with Crippen LogP contribution < -0.4 is 0 Å². The Morgan fingerprint density at radius 2 is 1.90 bits per heavy atom. The number of likely N-dealkylation sites (tertiary alicyclic amines) is 2. The van der Waals surface area contributed by atoms with E-state index in [4.69, 9.17) is 4.74 Å². The fourth-order valence-corrected chi connectivity index (χ4v) is 3.68. The summed E-state index contributed by atoms with van der Waals surface area (Å²) in [5.74, 6) is 0.331. The highest BCUT2D eigenvalue weighted by Crippen LogP contribution is 2.30. The van der Waals surface area contributed by atoms with E-state index in [1.165, 1.54) is 25.7 Å². The minimum Gasteiger partial charge on any atom is -0.377 e. The zero-order valence-electron chi connectivity index (χ0n) is 13.3. The summed E-state index contributed by atoms with van der Waals surface area (Å²) >= 11 is 0. The largest absolute Gasteiger partial charge is 0.377 e. The third-order valence-electron chi connectivity index (χ3n) is 4.61. The van der Waals surface area contributed by atoms with Crippen LogP contribution in [0, 0.1) is 0 Å². The molecule has 0 N–H and O–H groups in total. The minimum atomic E-state index is 0.306. The molecule has 0 aliphatic carbocycles. The number of rotatable bonds is 6. The molecule has 4 nitrogen and oxygen atoms in total. The third kappa shape index (κ3) is 3.73. The normalized spacial score (nSPS) is 27.7. The van der Waals surface area contributed by atoms with Crippen molar-refractivity contribution in [2.45, 2.75) is 71.1 Å². The van der Waals surface area contributed by atoms with Gasteiger partial charge in [0.15, 0.2) is 0 Å². The van der Waals surface area contributed by atoms with Crippen LogP contribution in [0.3, 0.4) is 0 Å². The lowest BCUT2D eigenvalue weighted by Gasteiger charge is -2.35. The topological polar surface area (TPSA) is 32.8 Å². The Kier molecular flexibility index (Phi) is 5.85. The lowest BCUT2D eigenvalue weighted by Crippen LogP contribution is -2.48. The molecule has 0 aromatic heterocycles. The predicted octanol–water partition coefficient (Wildman–Crippen LogP) is 2.28. The van der Waals surface area contributed by atoms with Crippen molar-refractivity contribution in [1.82, 2.24) is 9.80 Å². The van der Waals surface area contributed by atoms with E-state index in [0.717, 1.165) is 26.2 Å². The van der Waals surface area contributed by atoms with Crippen LogP contribution in [-0.4, -0.2) is 60.1 Å². The number of nitrogens with zero attached hydrogens (tertiary/aromatic N) is 2. The maximum absolute atomic E-state index is 12.1. The van der Waals surface area contributed by atoms with E-state index in [-0.39, 0.29) is 0 Å². The Labute approximate surface area is 123 Å². The first-order valence-electron chi connectivity index (χ1n) is 8.28. The van der Waals surface area contributed by atoms with Crippen LogP contribution in [0.25, 0.3) is 0 Å². The van der Waals surface area contributed by atoms with Gasteiger partial charge < -0.3 is 9.64 Å². The molecular formula is C16H30N2O2. The Morgan fingerprint density at radius 1 is 1.20 bits per heavy atom. The van der Waals surface area contributed by atoms with Crippen LogP contribution >= 0.6 is 0 Å². The van der Waals surface area contributed by atoms with Crippen LogP contribution in [0.15, 0.2) is 0 Å². The lowest BCUT2D eigenvalue weighted by molar-refractivity contribution is -0.132. The van der Waals surface area contributed by atoms with Crippen molar-refractivity contribution in [3.63, 3.8) is 0 Å². The van der Waals surface area contributed by atoms with Crippen molar-refractivity contribution in [1.29, 1.82) is 0 Å². The van der Waals surface area contributed by atoms with E-state index in [9.17, 15) is 4.79 Å². The van der Waals surface area contributed by atoms with Gasteiger partial charge >= 0.3 is 0 Å². The molecule has 2 rings (SSSR count). The number of hydrogen-bond acceptors (Lipinski definition) is 3. The second kappa shape index (κ2) is 7.41. The van der Waals surface area contributed by atoms with Crippen LogP contribution in [0.1, 0.15) is 52.9 Å². The smallest absolute Gasteiger partial charge is 0.222 e. The maximum atomic E-state index is 12.1. The quantitative estimate of drug-likeness (QED) is 0.749. The van der Waals surface area contributed by atoms with Gasteiger partial charge in [-0.2, -0.15) is 0 Å². The first-order chi connectivity index (χ1) is 9.63. The van der Waals surface area contributed by atoms with Gasteiger partial charge in [0.25, 0.3) is 0 Å². The molecule has 116 valence electrons. The predicted molar refractivity (Wildman–Crippen MR) is 80.7 cm³/mol. The molecule has 4 heteroatoms. The zero-order valence-corrected chi connectivity index (χ0v) is 13.3. The van der Waals surface area contributed by atoms with Crippen molar-refractivity contribution in [2.24, 2.45) is 0 Å². The van der Waals surface area contributed by atoms with Gasteiger partial charge in [0.2, 0.25) is 5.91 Å². The van der Waals surface area contributed by atoms with E-state index >= 15 is 0 Å². The summed E-state index contributed by atoms with van der Waals surface area (Å²) in [7, 11) is 0. The number of amides is 1. The molecule has 0 bridgehead atoms. The highest BCUT2D eigenvalue weighted by Gasteiger charge is 2.38. The molecule has 2 aliphatic heterocycles. The number of hydrogen-bond donors (Lipinski definition) is 0. The summed E-state index contributed by atoms with van der Waals surface area (Å²) < 4.78 is 5.69. The number of ether oxygens (including phenoxy) is 1. The molecule has 1 amide bonds. The Morgan fingerprint density at radius 3 is 2.60 bits per heavy atom. The van der Waals surface area contributed by atoms with Gasteiger partial charge in [0, 0.05) is 31.6 Å². The molecule has 2 aliphatic rings. The molecule has 0 radical (unpaired) electrons. The first-order valence-corrected chi connectivity index (χ1v) is 8.28. The first kappa shape index (κ1) is 15.8. The van der Waals surface area contributed by atoms with E-state index in [2.05, 4.69) is 23.6 Å². The Hall–Kier alpha value is -0.610. The summed E-state index contributed by atoms with van der Waals surface area (Å²) in [6.07, 6.45) is 5.79. The van der Waals surface area contributed by atoms with Gasteiger partial charge in [0.05, 0.1) is 12.7 Å². The average Bonchev–Trinajstić information content (AvgIpc) is 3.05. The molecule has 2 atom stereocenters. The highest BCUT2D eigenvalue weighted by molar-refractivity contribution is 5.76. The maximum Gasteiger partial charge on any atom is 0.222 e. The van der Waals surface area contributed by atoms with Crippen molar-refractivity contribution >= 4 is 5.91 Å². The molecule has 2 fully saturated rings. The van der Waals surface area contributed by atoms with Crippen LogP contribution in [0.5, 0.6) is 0 Å². The van der Waals surface area contributed by atoms with Gasteiger partial charge in [-0.1, -0.05) is 6.92 Å². The summed E-state index contributed by atoms with van der Waals surface area (Å²) in [6.45, 7) is 10.1. The fourth-order valence-electron chi connectivity index (χ4n) is 3.68. The summed E-state index contributed by atoms with van der Waals surface area (Å²) in [5, 5.41) is 0. The number of carbonyl (C=O) groups is 1. The zero-order chi connectivity index (χ0) is 14.5. The monoisotopic (exact) mass is 282 g/mol. The number of carbonyl (C=O) groups excluding carboxylic acids is 1. The second-order valence-electron chi connectivity index (χ2n) is 6.32. The van der Waals surface area contributed by atoms with Crippen molar-refractivity contribution < 1.29 is 9.53 Å². The van der Waals surface area contributed by atoms with Crippen LogP contribution in [0.2, 0.25) is 0 Å². The molecule has 2 unspecified atom stereocenters. The summed E-state index contributed by atoms with van der Waals surface area (Å²) in [4.78, 5) is 16.8. The molecule has 0 spiro atoms. The Balaban J connectivity index is 1.90. The van der Waals surface area contributed by atoms with Gasteiger partial charge in [-0.3, -0.25) is 9.69 Å². The molecule has 2 heterocycles. The van der Waals surface area contributed by atoms with Crippen LogP contribution in [-0.2, 0) is 9.53 Å². The standard InChI is InChI=1S/C16H30N2O2/c1-4-16(19)18-10-6-8-15(18)14-7-5-9-17(14)11-12-20-13(2)3/h13-15H,4-12H2,1-3H3. The average molecular weight is 282 g/mol. The fraction of sp³-hybridized carbons (Fsp3) is 0.938. The van der Waals surface area contributed by atoms with Crippen molar-refractivity contribution in [3.05, 3.63) is 0 Å². The Bertz CT molecular complexity index is 320. The summed E-state index contributed by atoms with van der Waals surface area (Å²) in [6, 6.07) is 1.01. The van der Waals surface area contributed by atoms with E-state index in [0.29, 0.717) is 30.5 Å². The SMILES string of the molecule is CCC(=O)N1CCCC1C1CCCN1CCOC(C)C. The minimum absolute atomic E-state index is 0.306. The van der Waals surface area contributed by atoms with Crippen molar-refractivity contribution in [2.75, 3.05) is 26.2 Å². The van der Waals surface area contributed by atoms with Gasteiger partial charge in [0.1, 0.15) is 0 Å². The lowest BCUT2D eigenvalue weighted by atomic mass is 10.0. The molecule has 0 aromatic carbocycles. The van der Waals surface area contributed by atoms with Gasteiger partial charge in [-0.25, -0.2) is 0 Å². The van der Waals surface area contributed by atoms with E-state index < -0.39 is 0 Å². The van der Waals surface area contributed by atoms with Crippen LogP contribution in [0.4, 0.5) is 0 Å². The van der Waals surface area contributed by atoms with E-state index in [1.807, 2.05) is 6.92 Å². The van der Waals surface area contributed by atoms with E-state index in [1.54, 1.807) is 0 Å². The molecule has 20 heavy (non-hydrogen) atoms.